The van der Waals surface area contributed by atoms with Crippen molar-refractivity contribution in [2.24, 2.45) is 0 Å². The molecule has 2 aromatic carbocycles. The fourth-order valence-corrected chi connectivity index (χ4v) is 2.35. The second-order valence-electron chi connectivity index (χ2n) is 4.50. The summed E-state index contributed by atoms with van der Waals surface area (Å²) in [5, 5.41) is 3.30. The Morgan fingerprint density at radius 3 is 2.67 bits per heavy atom. The first kappa shape index (κ1) is 15.6. The van der Waals surface area contributed by atoms with E-state index < -0.39 is 0 Å². The predicted molar refractivity (Wildman–Crippen MR) is 90.3 cm³/mol. The third kappa shape index (κ3) is 5.26. The summed E-state index contributed by atoms with van der Waals surface area (Å²) in [4.78, 5) is 0. The van der Waals surface area contributed by atoms with Gasteiger partial charge in [0.1, 0.15) is 12.4 Å². The van der Waals surface area contributed by atoms with E-state index in [0.29, 0.717) is 6.61 Å². The highest BCUT2D eigenvalue weighted by atomic mass is 79.9. The monoisotopic (exact) mass is 343 g/mol. The van der Waals surface area contributed by atoms with Crippen molar-refractivity contribution >= 4 is 15.9 Å². The average molecular weight is 344 g/mol. The van der Waals surface area contributed by atoms with Crippen LogP contribution in [0.15, 0.2) is 53.0 Å². The topological polar surface area (TPSA) is 21.3 Å². The van der Waals surface area contributed by atoms with Crippen molar-refractivity contribution < 1.29 is 4.74 Å². The van der Waals surface area contributed by atoms with Crippen LogP contribution >= 0.6 is 15.9 Å². The minimum atomic E-state index is 0.375. The molecule has 2 aromatic rings. The van der Waals surface area contributed by atoms with Crippen molar-refractivity contribution in [3.05, 3.63) is 64.1 Å². The first-order valence-electron chi connectivity index (χ1n) is 6.95. The quantitative estimate of drug-likeness (QED) is 0.828. The van der Waals surface area contributed by atoms with Gasteiger partial charge in [-0.1, -0.05) is 43.0 Å². The summed E-state index contributed by atoms with van der Waals surface area (Å²) < 4.78 is 6.63. The molecule has 0 radical (unpaired) electrons. The Balaban J connectivity index is 1.90. The van der Waals surface area contributed by atoms with E-state index in [0.717, 1.165) is 28.9 Å². The fourth-order valence-electron chi connectivity index (χ4n) is 1.81. The summed E-state index contributed by atoms with van der Waals surface area (Å²) in [5.74, 6) is 6.91. The third-order valence-corrected chi connectivity index (χ3v) is 3.50. The van der Waals surface area contributed by atoms with Crippen molar-refractivity contribution in [1.82, 2.24) is 5.32 Å². The van der Waals surface area contributed by atoms with Crippen LogP contribution in [-0.2, 0) is 6.54 Å². The lowest BCUT2D eigenvalue weighted by molar-refractivity contribution is 0.367. The van der Waals surface area contributed by atoms with E-state index >= 15 is 0 Å². The van der Waals surface area contributed by atoms with Crippen LogP contribution in [-0.4, -0.2) is 13.2 Å². The van der Waals surface area contributed by atoms with Gasteiger partial charge in [-0.15, -0.1) is 0 Å². The molecular formula is C18H18BrNO. The van der Waals surface area contributed by atoms with Gasteiger partial charge in [-0.25, -0.2) is 0 Å². The van der Waals surface area contributed by atoms with Crippen LogP contribution in [0.3, 0.4) is 0 Å². The Labute approximate surface area is 134 Å². The highest BCUT2D eigenvalue weighted by Gasteiger charge is 2.01. The van der Waals surface area contributed by atoms with E-state index in [4.69, 9.17) is 4.74 Å². The number of rotatable bonds is 5. The Morgan fingerprint density at radius 2 is 1.95 bits per heavy atom. The molecule has 0 fully saturated rings. The molecule has 108 valence electrons. The minimum absolute atomic E-state index is 0.375. The Bertz CT molecular complexity index is 629. The van der Waals surface area contributed by atoms with E-state index in [1.807, 2.05) is 36.4 Å². The second-order valence-corrected chi connectivity index (χ2v) is 5.36. The molecule has 0 saturated heterocycles. The van der Waals surface area contributed by atoms with Gasteiger partial charge in [-0.2, -0.15) is 0 Å². The first-order valence-corrected chi connectivity index (χ1v) is 7.74. The van der Waals surface area contributed by atoms with Crippen molar-refractivity contribution in [3.8, 4) is 17.6 Å². The lowest BCUT2D eigenvalue weighted by atomic mass is 10.2. The number of hydrogen-bond donors (Lipinski definition) is 1. The lowest BCUT2D eigenvalue weighted by Crippen LogP contribution is -2.11. The highest BCUT2D eigenvalue weighted by Crippen LogP contribution is 2.25. The smallest absolute Gasteiger partial charge is 0.149 e. The maximum Gasteiger partial charge on any atom is 0.149 e. The van der Waals surface area contributed by atoms with Crippen LogP contribution in [0.25, 0.3) is 0 Å². The molecule has 0 aromatic heterocycles. The van der Waals surface area contributed by atoms with Crippen molar-refractivity contribution in [2.45, 2.75) is 13.5 Å². The molecule has 2 rings (SSSR count). The normalized spacial score (nSPS) is 9.81. The van der Waals surface area contributed by atoms with Crippen LogP contribution in [0.4, 0.5) is 0 Å². The average Bonchev–Trinajstić information content (AvgIpc) is 2.52. The largest absolute Gasteiger partial charge is 0.480 e. The summed E-state index contributed by atoms with van der Waals surface area (Å²) in [6.45, 7) is 4.30. The number of benzene rings is 2. The molecule has 0 aliphatic heterocycles. The zero-order valence-electron chi connectivity index (χ0n) is 12.0. The zero-order valence-corrected chi connectivity index (χ0v) is 13.6. The van der Waals surface area contributed by atoms with Gasteiger partial charge in [0.25, 0.3) is 0 Å². The molecule has 0 heterocycles. The van der Waals surface area contributed by atoms with E-state index in [-0.39, 0.29) is 0 Å². The van der Waals surface area contributed by atoms with E-state index in [2.05, 4.69) is 52.1 Å². The van der Waals surface area contributed by atoms with Crippen LogP contribution in [0, 0.1) is 11.8 Å². The molecule has 0 aliphatic carbocycles. The van der Waals surface area contributed by atoms with Crippen LogP contribution in [0.2, 0.25) is 0 Å². The van der Waals surface area contributed by atoms with E-state index in [1.165, 1.54) is 5.56 Å². The van der Waals surface area contributed by atoms with Crippen LogP contribution in [0.5, 0.6) is 5.75 Å². The molecule has 0 aliphatic rings. The van der Waals surface area contributed by atoms with Gasteiger partial charge >= 0.3 is 0 Å². The highest BCUT2D eigenvalue weighted by molar-refractivity contribution is 9.10. The van der Waals surface area contributed by atoms with E-state index in [1.54, 1.807) is 0 Å². The lowest BCUT2D eigenvalue weighted by Gasteiger charge is -2.08. The molecule has 0 saturated carbocycles. The summed E-state index contributed by atoms with van der Waals surface area (Å²) in [6, 6.07) is 16.0. The Kier molecular flexibility index (Phi) is 6.33. The maximum atomic E-state index is 5.68. The minimum Gasteiger partial charge on any atom is -0.480 e. The van der Waals surface area contributed by atoms with Gasteiger partial charge in [0.2, 0.25) is 0 Å². The summed E-state index contributed by atoms with van der Waals surface area (Å²) in [6.07, 6.45) is 0. The van der Waals surface area contributed by atoms with Crippen molar-refractivity contribution in [3.63, 3.8) is 0 Å². The molecule has 0 unspecified atom stereocenters. The van der Waals surface area contributed by atoms with Gasteiger partial charge < -0.3 is 10.1 Å². The first-order chi connectivity index (χ1) is 10.3. The Hall–Kier alpha value is -1.76. The number of hydrogen-bond acceptors (Lipinski definition) is 2. The molecular weight excluding hydrogens is 326 g/mol. The van der Waals surface area contributed by atoms with E-state index in [9.17, 15) is 0 Å². The van der Waals surface area contributed by atoms with Crippen molar-refractivity contribution in [1.29, 1.82) is 0 Å². The Morgan fingerprint density at radius 1 is 1.14 bits per heavy atom. The van der Waals surface area contributed by atoms with Crippen molar-refractivity contribution in [2.75, 3.05) is 13.2 Å². The molecule has 0 bridgehead atoms. The maximum absolute atomic E-state index is 5.68. The van der Waals surface area contributed by atoms with Gasteiger partial charge in [0, 0.05) is 12.1 Å². The van der Waals surface area contributed by atoms with Gasteiger partial charge in [-0.3, -0.25) is 0 Å². The molecule has 1 N–H and O–H groups in total. The van der Waals surface area contributed by atoms with Crippen LogP contribution in [0.1, 0.15) is 18.1 Å². The van der Waals surface area contributed by atoms with Gasteiger partial charge in [0.05, 0.1) is 4.47 Å². The molecule has 0 atom stereocenters. The number of nitrogens with one attached hydrogen (secondary N) is 1. The summed E-state index contributed by atoms with van der Waals surface area (Å²) in [5.41, 5.74) is 2.23. The number of ether oxygens (including phenoxy) is 1. The predicted octanol–water partition coefficient (Wildman–Crippen LogP) is 3.99. The molecule has 2 nitrogen and oxygen atoms in total. The SMILES string of the molecule is CCNCc1ccc(OCC#Cc2ccccc2)c(Br)c1. The third-order valence-electron chi connectivity index (χ3n) is 2.88. The zero-order chi connectivity index (χ0) is 14.9. The molecule has 0 spiro atoms. The van der Waals surface area contributed by atoms with Crippen LogP contribution < -0.4 is 10.1 Å². The van der Waals surface area contributed by atoms with Gasteiger partial charge in [-0.05, 0) is 52.3 Å². The second kappa shape index (κ2) is 8.51. The molecule has 3 heteroatoms. The standard InChI is InChI=1S/C18H18BrNO/c1-2-20-14-16-10-11-18(17(19)13-16)21-12-6-9-15-7-4-3-5-8-15/h3-5,7-8,10-11,13,20H,2,12,14H2,1H3. The summed E-state index contributed by atoms with van der Waals surface area (Å²) >= 11 is 3.54. The molecule has 0 amide bonds. The number of halogens is 1. The molecule has 21 heavy (non-hydrogen) atoms. The summed E-state index contributed by atoms with van der Waals surface area (Å²) in [7, 11) is 0. The van der Waals surface area contributed by atoms with Gasteiger partial charge in [0.15, 0.2) is 0 Å². The fraction of sp³-hybridized carbons (Fsp3) is 0.222.